The molecule has 0 atom stereocenters. The Hall–Kier alpha value is -2.91. The van der Waals surface area contributed by atoms with Crippen LogP contribution in [0.5, 0.6) is 5.88 Å². The molecule has 0 spiro atoms. The van der Waals surface area contributed by atoms with Gasteiger partial charge >= 0.3 is 11.6 Å². The lowest BCUT2D eigenvalue weighted by Crippen LogP contribution is -2.24. The Labute approximate surface area is 119 Å². The summed E-state index contributed by atoms with van der Waals surface area (Å²) in [6.45, 7) is 2.82. The van der Waals surface area contributed by atoms with Crippen molar-refractivity contribution >= 4 is 11.6 Å². The molecule has 0 saturated heterocycles. The van der Waals surface area contributed by atoms with Crippen molar-refractivity contribution in [2.24, 2.45) is 0 Å². The molecule has 1 amide bonds. The molecule has 2 N–H and O–H groups in total. The van der Waals surface area contributed by atoms with Gasteiger partial charge in [0, 0.05) is 12.7 Å². The smallest absolute Gasteiger partial charge is 0.362 e. The summed E-state index contributed by atoms with van der Waals surface area (Å²) in [7, 11) is 1.24. The summed E-state index contributed by atoms with van der Waals surface area (Å²) in [5, 5.41) is 23.6. The SMILES string of the molecule is CCn1ccc(CNC(=O)c2[nH]nc(OC)c2[N+](=O)[O-])n1. The van der Waals surface area contributed by atoms with Crippen LogP contribution in [0.25, 0.3) is 0 Å². The molecule has 0 aliphatic rings. The van der Waals surface area contributed by atoms with Crippen molar-refractivity contribution < 1.29 is 14.5 Å². The lowest BCUT2D eigenvalue weighted by atomic mass is 10.3. The number of carbonyl (C=O) groups excluding carboxylic acids is 1. The van der Waals surface area contributed by atoms with Gasteiger partial charge < -0.3 is 10.1 Å². The first-order chi connectivity index (χ1) is 10.1. The zero-order chi connectivity index (χ0) is 15.4. The third kappa shape index (κ3) is 2.99. The van der Waals surface area contributed by atoms with Crippen molar-refractivity contribution in [3.63, 3.8) is 0 Å². The van der Waals surface area contributed by atoms with Gasteiger partial charge in [0.25, 0.3) is 5.91 Å². The van der Waals surface area contributed by atoms with E-state index >= 15 is 0 Å². The van der Waals surface area contributed by atoms with E-state index < -0.39 is 16.5 Å². The van der Waals surface area contributed by atoms with Crippen LogP contribution >= 0.6 is 0 Å². The van der Waals surface area contributed by atoms with Crippen molar-refractivity contribution in [3.8, 4) is 5.88 Å². The molecule has 0 saturated carbocycles. The van der Waals surface area contributed by atoms with Gasteiger partial charge in [-0.1, -0.05) is 0 Å². The van der Waals surface area contributed by atoms with Crippen LogP contribution in [0.1, 0.15) is 23.1 Å². The molecule has 0 aliphatic carbocycles. The van der Waals surface area contributed by atoms with E-state index in [2.05, 4.69) is 20.6 Å². The molecule has 2 aromatic heterocycles. The van der Waals surface area contributed by atoms with Gasteiger partial charge in [-0.05, 0) is 13.0 Å². The quantitative estimate of drug-likeness (QED) is 0.588. The number of aromatic nitrogens is 4. The van der Waals surface area contributed by atoms with Gasteiger partial charge in [-0.2, -0.15) is 5.10 Å². The summed E-state index contributed by atoms with van der Waals surface area (Å²) in [4.78, 5) is 22.2. The molecule has 112 valence electrons. The van der Waals surface area contributed by atoms with Gasteiger partial charge in [0.1, 0.15) is 0 Å². The van der Waals surface area contributed by atoms with E-state index in [4.69, 9.17) is 4.74 Å². The summed E-state index contributed by atoms with van der Waals surface area (Å²) in [6, 6.07) is 1.76. The molecule has 0 aliphatic heterocycles. The predicted octanol–water partition coefficient (Wildman–Crippen LogP) is 0.473. The largest absolute Gasteiger partial charge is 0.475 e. The first-order valence-electron chi connectivity index (χ1n) is 6.14. The highest BCUT2D eigenvalue weighted by Crippen LogP contribution is 2.27. The molecule has 21 heavy (non-hydrogen) atoms. The molecule has 0 fully saturated rings. The number of amides is 1. The Morgan fingerprint density at radius 3 is 2.95 bits per heavy atom. The molecule has 10 nitrogen and oxygen atoms in total. The van der Waals surface area contributed by atoms with Gasteiger partial charge in [-0.25, -0.2) is 0 Å². The minimum Gasteiger partial charge on any atom is -0.475 e. The molecule has 10 heteroatoms. The van der Waals surface area contributed by atoms with Crippen LogP contribution in [-0.4, -0.2) is 37.9 Å². The Kier molecular flexibility index (Phi) is 4.16. The van der Waals surface area contributed by atoms with E-state index in [1.807, 2.05) is 6.92 Å². The molecule has 2 aromatic rings. The maximum Gasteiger partial charge on any atom is 0.362 e. The summed E-state index contributed by atoms with van der Waals surface area (Å²) >= 11 is 0. The van der Waals surface area contributed by atoms with Crippen molar-refractivity contribution in [2.45, 2.75) is 20.0 Å². The lowest BCUT2D eigenvalue weighted by Gasteiger charge is -2.01. The maximum absolute atomic E-state index is 12.0. The van der Waals surface area contributed by atoms with Crippen molar-refractivity contribution in [3.05, 3.63) is 33.8 Å². The number of H-pyrrole nitrogens is 1. The number of nitrogens with zero attached hydrogens (tertiary/aromatic N) is 4. The third-order valence-electron chi connectivity index (χ3n) is 2.76. The van der Waals surface area contributed by atoms with E-state index in [9.17, 15) is 14.9 Å². The van der Waals surface area contributed by atoms with E-state index in [0.29, 0.717) is 5.69 Å². The second kappa shape index (κ2) is 6.03. The third-order valence-corrected chi connectivity index (χ3v) is 2.76. The first-order valence-corrected chi connectivity index (χ1v) is 6.14. The fraction of sp³-hybridized carbons (Fsp3) is 0.364. The summed E-state index contributed by atoms with van der Waals surface area (Å²) < 4.78 is 6.45. The van der Waals surface area contributed by atoms with Crippen molar-refractivity contribution in [2.75, 3.05) is 7.11 Å². The summed E-state index contributed by atoms with van der Waals surface area (Å²) in [5.41, 5.74) is -0.0970. The second-order valence-corrected chi connectivity index (χ2v) is 4.06. The highest BCUT2D eigenvalue weighted by Gasteiger charge is 2.29. The van der Waals surface area contributed by atoms with Crippen molar-refractivity contribution in [1.82, 2.24) is 25.3 Å². The van der Waals surface area contributed by atoms with Crippen LogP contribution in [-0.2, 0) is 13.1 Å². The van der Waals surface area contributed by atoms with Crippen LogP contribution < -0.4 is 10.1 Å². The number of ether oxygens (including phenoxy) is 1. The van der Waals surface area contributed by atoms with Gasteiger partial charge in [-0.15, -0.1) is 5.10 Å². The van der Waals surface area contributed by atoms with E-state index in [1.165, 1.54) is 7.11 Å². The Balaban J connectivity index is 2.10. The van der Waals surface area contributed by atoms with Crippen LogP contribution in [0, 0.1) is 10.1 Å². The number of methoxy groups -OCH3 is 1. The Morgan fingerprint density at radius 2 is 2.38 bits per heavy atom. The van der Waals surface area contributed by atoms with Crippen LogP contribution in [0.3, 0.4) is 0 Å². The number of hydrogen-bond donors (Lipinski definition) is 2. The Morgan fingerprint density at radius 1 is 1.62 bits per heavy atom. The number of aryl methyl sites for hydroxylation is 1. The fourth-order valence-corrected chi connectivity index (χ4v) is 1.72. The minimum absolute atomic E-state index is 0.157. The second-order valence-electron chi connectivity index (χ2n) is 4.06. The number of hydrogen-bond acceptors (Lipinski definition) is 6. The number of carbonyl (C=O) groups is 1. The number of rotatable bonds is 6. The van der Waals surface area contributed by atoms with Gasteiger partial charge in [0.05, 0.1) is 24.3 Å². The highest BCUT2D eigenvalue weighted by molar-refractivity contribution is 5.96. The first kappa shape index (κ1) is 14.5. The van der Waals surface area contributed by atoms with E-state index in [0.717, 1.165) is 6.54 Å². The summed E-state index contributed by atoms with van der Waals surface area (Å²) in [5.74, 6) is -0.885. The average Bonchev–Trinajstić information content (AvgIpc) is 3.10. The zero-order valence-corrected chi connectivity index (χ0v) is 11.5. The fourth-order valence-electron chi connectivity index (χ4n) is 1.72. The van der Waals surface area contributed by atoms with E-state index in [1.54, 1.807) is 16.9 Å². The van der Waals surface area contributed by atoms with Crippen LogP contribution in [0.15, 0.2) is 12.3 Å². The van der Waals surface area contributed by atoms with Crippen LogP contribution in [0.2, 0.25) is 0 Å². The topological polar surface area (TPSA) is 128 Å². The van der Waals surface area contributed by atoms with Gasteiger partial charge in [-0.3, -0.25) is 24.7 Å². The molecule has 0 radical (unpaired) electrons. The van der Waals surface area contributed by atoms with E-state index in [-0.39, 0.29) is 18.1 Å². The monoisotopic (exact) mass is 294 g/mol. The number of aromatic amines is 1. The Bertz CT molecular complexity index is 661. The molecule has 2 rings (SSSR count). The standard InChI is InChI=1S/C11H14N6O4/c1-3-16-5-4-7(15-16)6-12-10(18)8-9(17(19)20)11(21-2)14-13-8/h4-5H,3,6H2,1-2H3,(H,12,18)(H,13,14). The van der Waals surface area contributed by atoms with Crippen LogP contribution in [0.4, 0.5) is 5.69 Å². The average molecular weight is 294 g/mol. The normalized spacial score (nSPS) is 10.4. The van der Waals surface area contributed by atoms with Crippen molar-refractivity contribution in [1.29, 1.82) is 0 Å². The highest BCUT2D eigenvalue weighted by atomic mass is 16.6. The molecule has 0 aromatic carbocycles. The maximum atomic E-state index is 12.0. The molecular weight excluding hydrogens is 280 g/mol. The zero-order valence-electron chi connectivity index (χ0n) is 11.5. The summed E-state index contributed by atoms with van der Waals surface area (Å²) in [6.07, 6.45) is 1.78. The minimum atomic E-state index is -0.719. The molecule has 0 bridgehead atoms. The molecule has 2 heterocycles. The predicted molar refractivity (Wildman–Crippen MR) is 70.9 cm³/mol. The molecular formula is C11H14N6O4. The molecule has 0 unspecified atom stereocenters. The number of nitro groups is 1. The van der Waals surface area contributed by atoms with Gasteiger partial charge in [0.15, 0.2) is 0 Å². The van der Waals surface area contributed by atoms with Gasteiger partial charge in [0.2, 0.25) is 5.69 Å². The number of nitrogens with one attached hydrogen (secondary N) is 2. The lowest BCUT2D eigenvalue weighted by molar-refractivity contribution is -0.386.